The molecule has 6 atom stereocenters. The highest BCUT2D eigenvalue weighted by atomic mass is 16.3. The van der Waals surface area contributed by atoms with Crippen LogP contribution in [0.2, 0.25) is 0 Å². The Morgan fingerprint density at radius 1 is 1.20 bits per heavy atom. The Morgan fingerprint density at radius 2 is 1.95 bits per heavy atom. The molecule has 0 amide bonds. The number of aliphatic hydroxyl groups excluding tert-OH is 1. The highest BCUT2D eigenvalue weighted by Gasteiger charge is 2.69. The van der Waals surface area contributed by atoms with Crippen LogP contribution in [0.15, 0.2) is 0 Å². The molecule has 3 nitrogen and oxygen atoms in total. The number of nitrogens with zero attached hydrogens (tertiary/aromatic N) is 1. The highest BCUT2D eigenvalue weighted by Crippen LogP contribution is 2.67. The topological polar surface area (TPSA) is 40.5 Å². The quantitative estimate of drug-likeness (QED) is 0.738. The minimum Gasteiger partial charge on any atom is -0.392 e. The van der Waals surface area contributed by atoms with Crippen LogP contribution >= 0.6 is 0 Å². The van der Waals surface area contributed by atoms with Crippen molar-refractivity contribution in [2.24, 2.45) is 22.7 Å². The predicted octanol–water partition coefficient (Wildman–Crippen LogP) is 2.23. The van der Waals surface area contributed by atoms with Crippen LogP contribution in [0.5, 0.6) is 0 Å². The summed E-state index contributed by atoms with van der Waals surface area (Å²) in [5.41, 5.74) is -0.280. The van der Waals surface area contributed by atoms with Crippen molar-refractivity contribution < 1.29 is 9.90 Å². The molecule has 2 aliphatic carbocycles. The molecule has 4 aliphatic rings. The molecule has 3 heteroatoms. The molecule has 2 heterocycles. The van der Waals surface area contributed by atoms with Crippen LogP contribution < -0.4 is 0 Å². The zero-order chi connectivity index (χ0) is 14.0. The molecule has 2 bridgehead atoms. The summed E-state index contributed by atoms with van der Waals surface area (Å²) in [6, 6.07) is 0. The average molecular weight is 277 g/mol. The molecule has 4 fully saturated rings. The molecule has 2 saturated heterocycles. The summed E-state index contributed by atoms with van der Waals surface area (Å²) in [6.07, 6.45) is 6.96. The van der Waals surface area contributed by atoms with Gasteiger partial charge in [-0.3, -0.25) is 4.79 Å². The Balaban J connectivity index is 1.84. The lowest BCUT2D eigenvalue weighted by Crippen LogP contribution is -2.58. The lowest BCUT2D eigenvalue weighted by atomic mass is 9.51. The maximum Gasteiger partial charge on any atom is 0.140 e. The van der Waals surface area contributed by atoms with Gasteiger partial charge in [0.1, 0.15) is 5.78 Å². The monoisotopic (exact) mass is 277 g/mol. The number of rotatable bonds is 0. The Bertz CT molecular complexity index is 437. The van der Waals surface area contributed by atoms with E-state index >= 15 is 0 Å². The lowest BCUT2D eigenvalue weighted by molar-refractivity contribution is -0.153. The van der Waals surface area contributed by atoms with Gasteiger partial charge in [-0.1, -0.05) is 6.92 Å². The molecule has 0 radical (unpaired) electrons. The molecular weight excluding hydrogens is 250 g/mol. The third kappa shape index (κ3) is 1.46. The van der Waals surface area contributed by atoms with E-state index in [-0.39, 0.29) is 16.9 Å². The Hall–Kier alpha value is -0.410. The van der Waals surface area contributed by atoms with Gasteiger partial charge in [0.2, 0.25) is 0 Å². The van der Waals surface area contributed by atoms with Crippen molar-refractivity contribution in [3.8, 4) is 0 Å². The molecule has 0 aromatic heterocycles. The van der Waals surface area contributed by atoms with Crippen molar-refractivity contribution >= 4 is 5.78 Å². The second kappa shape index (κ2) is 4.30. The van der Waals surface area contributed by atoms with Gasteiger partial charge in [-0.25, -0.2) is 0 Å². The van der Waals surface area contributed by atoms with Crippen molar-refractivity contribution in [2.45, 2.75) is 58.0 Å². The van der Waals surface area contributed by atoms with Gasteiger partial charge in [0.25, 0.3) is 0 Å². The second-order valence-corrected chi connectivity index (χ2v) is 8.03. The first-order chi connectivity index (χ1) is 9.58. The smallest absolute Gasteiger partial charge is 0.140 e. The average Bonchev–Trinajstić information content (AvgIpc) is 2.55. The van der Waals surface area contributed by atoms with Gasteiger partial charge in [-0.15, -0.1) is 0 Å². The van der Waals surface area contributed by atoms with E-state index in [1.54, 1.807) is 0 Å². The van der Waals surface area contributed by atoms with Crippen LogP contribution in [0.4, 0.5) is 0 Å². The SMILES string of the molecule is C[C@H]1CC(=O)[C@@]23CCCN4CCC[C@]2(C4)[C@H](O)C[C@H]3C1. The summed E-state index contributed by atoms with van der Waals surface area (Å²) in [7, 11) is 0. The molecule has 2 saturated carbocycles. The number of piperidine rings is 1. The summed E-state index contributed by atoms with van der Waals surface area (Å²) < 4.78 is 0. The third-order valence-electron chi connectivity index (χ3n) is 7.10. The van der Waals surface area contributed by atoms with Gasteiger partial charge in [-0.05, 0) is 63.5 Å². The van der Waals surface area contributed by atoms with E-state index in [1.807, 2.05) is 0 Å². The number of hydrogen-bond acceptors (Lipinski definition) is 3. The number of carbonyl (C=O) groups is 1. The van der Waals surface area contributed by atoms with Gasteiger partial charge in [0.05, 0.1) is 6.10 Å². The molecular formula is C17H27NO2. The Labute approximate surface area is 121 Å². The van der Waals surface area contributed by atoms with Crippen molar-refractivity contribution in [3.63, 3.8) is 0 Å². The number of carbonyl (C=O) groups excluding carboxylic acids is 1. The van der Waals surface area contributed by atoms with E-state index in [1.165, 1.54) is 6.54 Å². The minimum atomic E-state index is -0.248. The summed E-state index contributed by atoms with van der Waals surface area (Å²) in [5.74, 6) is 1.47. The first kappa shape index (κ1) is 13.3. The Kier molecular flexibility index (Phi) is 2.85. The van der Waals surface area contributed by atoms with Gasteiger partial charge >= 0.3 is 0 Å². The standard InChI is InChI=1S/C17H27NO2/c1-12-8-13-10-14(19)16-4-2-6-18(11-16)7-3-5-17(13,16)15(20)9-12/h12-14,19H,2-11H2,1H3/t12-,13-,14-,16+,17+/m1/s1. The fourth-order valence-corrected chi connectivity index (χ4v) is 6.45. The first-order valence-electron chi connectivity index (χ1n) is 8.52. The molecule has 0 aromatic rings. The van der Waals surface area contributed by atoms with E-state index in [9.17, 15) is 9.90 Å². The number of hydrogen-bond donors (Lipinski definition) is 1. The number of aliphatic hydroxyl groups is 1. The minimum absolute atomic E-state index is 0.108. The molecule has 0 aromatic carbocycles. The van der Waals surface area contributed by atoms with Gasteiger partial charge in [0.15, 0.2) is 0 Å². The second-order valence-electron chi connectivity index (χ2n) is 8.03. The zero-order valence-corrected chi connectivity index (χ0v) is 12.6. The number of fused-ring (bicyclic) bond motifs is 1. The van der Waals surface area contributed by atoms with Gasteiger partial charge < -0.3 is 10.0 Å². The van der Waals surface area contributed by atoms with Crippen molar-refractivity contribution in [2.75, 3.05) is 19.6 Å². The van der Waals surface area contributed by atoms with Crippen LogP contribution in [0.3, 0.4) is 0 Å². The maximum atomic E-state index is 13.1. The van der Waals surface area contributed by atoms with Gasteiger partial charge in [-0.2, -0.15) is 0 Å². The lowest BCUT2D eigenvalue weighted by Gasteiger charge is -2.53. The third-order valence-corrected chi connectivity index (χ3v) is 7.10. The summed E-state index contributed by atoms with van der Waals surface area (Å²) in [6.45, 7) is 5.49. The Morgan fingerprint density at radius 3 is 2.75 bits per heavy atom. The van der Waals surface area contributed by atoms with Crippen molar-refractivity contribution in [1.29, 1.82) is 0 Å². The molecule has 112 valence electrons. The van der Waals surface area contributed by atoms with Gasteiger partial charge in [0, 0.05) is 23.8 Å². The fourth-order valence-electron chi connectivity index (χ4n) is 6.45. The van der Waals surface area contributed by atoms with Crippen LogP contribution in [0, 0.1) is 22.7 Å². The van der Waals surface area contributed by atoms with E-state index in [0.717, 1.165) is 58.0 Å². The van der Waals surface area contributed by atoms with Crippen molar-refractivity contribution in [1.82, 2.24) is 4.90 Å². The fraction of sp³-hybridized carbons (Fsp3) is 0.941. The van der Waals surface area contributed by atoms with E-state index in [2.05, 4.69) is 11.8 Å². The van der Waals surface area contributed by atoms with Crippen LogP contribution in [0.25, 0.3) is 0 Å². The summed E-state index contributed by atoms with van der Waals surface area (Å²) in [4.78, 5) is 15.6. The van der Waals surface area contributed by atoms with Crippen molar-refractivity contribution in [3.05, 3.63) is 0 Å². The first-order valence-corrected chi connectivity index (χ1v) is 8.52. The number of Topliss-reactive ketones (excluding diaryl/α,β-unsaturated/α-hetero) is 1. The molecule has 2 aliphatic heterocycles. The molecule has 4 rings (SSSR count). The molecule has 20 heavy (non-hydrogen) atoms. The van der Waals surface area contributed by atoms with E-state index < -0.39 is 0 Å². The zero-order valence-electron chi connectivity index (χ0n) is 12.6. The van der Waals surface area contributed by atoms with E-state index in [4.69, 9.17) is 0 Å². The normalized spacial score (nSPS) is 55.0. The molecule has 1 unspecified atom stereocenters. The predicted molar refractivity (Wildman–Crippen MR) is 77.3 cm³/mol. The maximum absolute atomic E-state index is 13.1. The largest absolute Gasteiger partial charge is 0.392 e. The highest BCUT2D eigenvalue weighted by molar-refractivity contribution is 5.88. The van der Waals surface area contributed by atoms with Crippen LogP contribution in [-0.4, -0.2) is 41.5 Å². The van der Waals surface area contributed by atoms with E-state index in [0.29, 0.717) is 17.6 Å². The van der Waals surface area contributed by atoms with Crippen LogP contribution in [0.1, 0.15) is 51.9 Å². The molecule has 2 spiro atoms. The summed E-state index contributed by atoms with van der Waals surface area (Å²) in [5, 5.41) is 10.9. The van der Waals surface area contributed by atoms with Crippen LogP contribution in [-0.2, 0) is 4.79 Å². The summed E-state index contributed by atoms with van der Waals surface area (Å²) >= 11 is 0. The number of ketones is 1. The molecule has 1 N–H and O–H groups in total.